The van der Waals surface area contributed by atoms with Gasteiger partial charge < -0.3 is 4.98 Å². The number of benzene rings is 2. The van der Waals surface area contributed by atoms with Crippen LogP contribution in [0.2, 0.25) is 5.02 Å². The maximum Gasteiger partial charge on any atom is 0.264 e. The second-order valence-corrected chi connectivity index (χ2v) is 6.28. The molecule has 0 spiro atoms. The van der Waals surface area contributed by atoms with Crippen molar-refractivity contribution in [1.82, 2.24) is 9.97 Å². The third kappa shape index (κ3) is 2.48. The van der Waals surface area contributed by atoms with Crippen LogP contribution in [0.1, 0.15) is 0 Å². The maximum absolute atomic E-state index is 12.2. The minimum Gasteiger partial charge on any atom is -0.323 e. The van der Waals surface area contributed by atoms with Crippen LogP contribution in [0.15, 0.2) is 53.4 Å². The number of para-hydroxylation sites is 2. The molecule has 0 bridgehead atoms. The Morgan fingerprint density at radius 3 is 2.65 bits per heavy atom. The molecular weight excluding hydrogens is 298 g/mol. The highest BCUT2D eigenvalue weighted by Gasteiger charge is 2.16. The van der Waals surface area contributed by atoms with Crippen LogP contribution in [0.3, 0.4) is 0 Å². The van der Waals surface area contributed by atoms with Crippen molar-refractivity contribution in [2.45, 2.75) is 4.90 Å². The first-order valence-corrected chi connectivity index (χ1v) is 7.64. The van der Waals surface area contributed by atoms with Crippen LogP contribution in [-0.4, -0.2) is 18.4 Å². The van der Waals surface area contributed by atoms with E-state index >= 15 is 0 Å². The van der Waals surface area contributed by atoms with Crippen molar-refractivity contribution in [3.8, 4) is 0 Å². The van der Waals surface area contributed by atoms with Crippen LogP contribution >= 0.6 is 11.6 Å². The molecule has 2 aromatic carbocycles. The van der Waals surface area contributed by atoms with Crippen molar-refractivity contribution in [3.05, 3.63) is 53.6 Å². The molecule has 0 radical (unpaired) electrons. The zero-order valence-corrected chi connectivity index (χ0v) is 11.7. The van der Waals surface area contributed by atoms with Crippen LogP contribution in [-0.2, 0) is 10.0 Å². The lowest BCUT2D eigenvalue weighted by Gasteiger charge is -2.05. The number of hydrogen-bond donors (Lipinski definition) is 2. The molecule has 3 rings (SSSR count). The van der Waals surface area contributed by atoms with E-state index in [1.807, 2.05) is 18.2 Å². The fourth-order valence-corrected chi connectivity index (χ4v) is 3.09. The van der Waals surface area contributed by atoms with Crippen molar-refractivity contribution < 1.29 is 8.42 Å². The minimum absolute atomic E-state index is 0.0884. The lowest BCUT2D eigenvalue weighted by molar-refractivity contribution is 0.601. The molecule has 0 aliphatic heterocycles. The molecule has 0 fully saturated rings. The number of H-pyrrole nitrogens is 1. The van der Waals surface area contributed by atoms with E-state index in [0.717, 1.165) is 5.52 Å². The highest BCUT2D eigenvalue weighted by Crippen LogP contribution is 2.19. The number of aromatic amines is 1. The first kappa shape index (κ1) is 13.0. The Hall–Kier alpha value is -2.05. The number of hydrogen-bond acceptors (Lipinski definition) is 3. The van der Waals surface area contributed by atoms with E-state index in [-0.39, 0.29) is 10.8 Å². The Kier molecular flexibility index (Phi) is 3.11. The van der Waals surface area contributed by atoms with Crippen LogP contribution < -0.4 is 4.72 Å². The van der Waals surface area contributed by atoms with Gasteiger partial charge in [0.25, 0.3) is 10.0 Å². The van der Waals surface area contributed by atoms with Crippen LogP contribution in [0.5, 0.6) is 0 Å². The van der Waals surface area contributed by atoms with Gasteiger partial charge in [-0.15, -0.1) is 0 Å². The van der Waals surface area contributed by atoms with Crippen molar-refractivity contribution in [1.29, 1.82) is 0 Å². The van der Waals surface area contributed by atoms with Gasteiger partial charge in [-0.3, -0.25) is 0 Å². The molecular formula is C13H10ClN3O2S. The maximum atomic E-state index is 12.2. The summed E-state index contributed by atoms with van der Waals surface area (Å²) in [5.74, 6) is 0.172. The molecule has 3 aromatic rings. The normalized spacial score (nSPS) is 11.7. The second kappa shape index (κ2) is 4.81. The van der Waals surface area contributed by atoms with E-state index in [2.05, 4.69) is 14.7 Å². The van der Waals surface area contributed by atoms with E-state index in [4.69, 9.17) is 11.6 Å². The molecule has 2 N–H and O–H groups in total. The van der Waals surface area contributed by atoms with Gasteiger partial charge in [0.05, 0.1) is 15.9 Å². The summed E-state index contributed by atoms with van der Waals surface area (Å²) in [4.78, 5) is 7.16. The first-order valence-electron chi connectivity index (χ1n) is 5.78. The van der Waals surface area contributed by atoms with Crippen LogP contribution in [0.4, 0.5) is 5.95 Å². The number of nitrogens with one attached hydrogen (secondary N) is 2. The predicted molar refractivity (Wildman–Crippen MR) is 78.4 cm³/mol. The number of halogens is 1. The summed E-state index contributed by atoms with van der Waals surface area (Å²) in [6.07, 6.45) is 0. The molecule has 0 saturated carbocycles. The number of rotatable bonds is 3. The van der Waals surface area contributed by atoms with E-state index in [1.165, 1.54) is 12.1 Å². The second-order valence-electron chi connectivity index (χ2n) is 4.17. The van der Waals surface area contributed by atoms with E-state index in [1.54, 1.807) is 18.2 Å². The zero-order valence-electron chi connectivity index (χ0n) is 10.2. The molecule has 0 saturated heterocycles. The number of fused-ring (bicyclic) bond motifs is 1. The fourth-order valence-electron chi connectivity index (χ4n) is 1.82. The molecule has 0 unspecified atom stereocenters. The third-order valence-corrected chi connectivity index (χ3v) is 4.30. The Morgan fingerprint density at radius 2 is 1.90 bits per heavy atom. The SMILES string of the molecule is O=S(=O)(Nc1nc2ccccc2[nH]1)c1cccc(Cl)c1. The first-order chi connectivity index (χ1) is 9.54. The number of anilines is 1. The summed E-state index contributed by atoms with van der Waals surface area (Å²) in [5.41, 5.74) is 1.45. The van der Waals surface area contributed by atoms with Crippen molar-refractivity contribution in [2.75, 3.05) is 4.72 Å². The van der Waals surface area contributed by atoms with E-state index in [0.29, 0.717) is 10.5 Å². The molecule has 1 aromatic heterocycles. The lowest BCUT2D eigenvalue weighted by Crippen LogP contribution is -2.13. The molecule has 0 aliphatic carbocycles. The number of imidazole rings is 1. The van der Waals surface area contributed by atoms with Crippen LogP contribution in [0, 0.1) is 0 Å². The average Bonchev–Trinajstić information content (AvgIpc) is 2.80. The van der Waals surface area contributed by atoms with Gasteiger partial charge in [0.1, 0.15) is 0 Å². The van der Waals surface area contributed by atoms with Crippen molar-refractivity contribution in [3.63, 3.8) is 0 Å². The zero-order chi connectivity index (χ0) is 14.2. The topological polar surface area (TPSA) is 74.8 Å². The third-order valence-electron chi connectivity index (χ3n) is 2.73. The predicted octanol–water partition coefficient (Wildman–Crippen LogP) is 3.02. The summed E-state index contributed by atoms with van der Waals surface area (Å²) in [7, 11) is -3.71. The Balaban J connectivity index is 1.97. The fraction of sp³-hybridized carbons (Fsp3) is 0. The molecule has 5 nitrogen and oxygen atoms in total. The van der Waals surface area contributed by atoms with Gasteiger partial charge in [0, 0.05) is 5.02 Å². The summed E-state index contributed by atoms with van der Waals surface area (Å²) >= 11 is 5.80. The van der Waals surface area contributed by atoms with Gasteiger partial charge >= 0.3 is 0 Å². The smallest absolute Gasteiger partial charge is 0.264 e. The summed E-state index contributed by atoms with van der Waals surface area (Å²) < 4.78 is 26.8. The summed E-state index contributed by atoms with van der Waals surface area (Å²) in [6.45, 7) is 0. The molecule has 0 amide bonds. The standard InChI is InChI=1S/C13H10ClN3O2S/c14-9-4-3-5-10(8-9)20(18,19)17-13-15-11-6-1-2-7-12(11)16-13/h1-8H,(H2,15,16,17). The van der Waals surface area contributed by atoms with Gasteiger partial charge in [-0.2, -0.15) is 0 Å². The minimum atomic E-state index is -3.71. The summed E-state index contributed by atoms with van der Waals surface area (Å²) in [6, 6.07) is 13.3. The molecule has 20 heavy (non-hydrogen) atoms. The van der Waals surface area contributed by atoms with Crippen molar-refractivity contribution in [2.24, 2.45) is 0 Å². The van der Waals surface area contributed by atoms with Gasteiger partial charge in [-0.05, 0) is 30.3 Å². The Labute approximate surface area is 120 Å². The molecule has 7 heteroatoms. The van der Waals surface area contributed by atoms with Gasteiger partial charge in [-0.25, -0.2) is 18.1 Å². The average molecular weight is 308 g/mol. The molecule has 0 aliphatic rings. The Morgan fingerprint density at radius 1 is 1.10 bits per heavy atom. The highest BCUT2D eigenvalue weighted by atomic mass is 35.5. The Bertz CT molecular complexity index is 841. The quantitative estimate of drug-likeness (QED) is 0.781. The van der Waals surface area contributed by atoms with Crippen LogP contribution in [0.25, 0.3) is 11.0 Å². The van der Waals surface area contributed by atoms with Gasteiger partial charge in [-0.1, -0.05) is 29.8 Å². The van der Waals surface area contributed by atoms with E-state index < -0.39 is 10.0 Å². The highest BCUT2D eigenvalue weighted by molar-refractivity contribution is 7.92. The number of nitrogens with zero attached hydrogens (tertiary/aromatic N) is 1. The van der Waals surface area contributed by atoms with E-state index in [9.17, 15) is 8.42 Å². The van der Waals surface area contributed by atoms with Crippen molar-refractivity contribution >= 4 is 38.6 Å². The molecule has 1 heterocycles. The molecule has 0 atom stereocenters. The number of sulfonamides is 1. The largest absolute Gasteiger partial charge is 0.323 e. The van der Waals surface area contributed by atoms with Gasteiger partial charge in [0.15, 0.2) is 0 Å². The summed E-state index contributed by atoms with van der Waals surface area (Å²) in [5, 5.41) is 0.359. The monoisotopic (exact) mass is 307 g/mol. The lowest BCUT2D eigenvalue weighted by atomic mass is 10.3. The number of aromatic nitrogens is 2. The van der Waals surface area contributed by atoms with Gasteiger partial charge in [0.2, 0.25) is 5.95 Å². The molecule has 102 valence electrons.